The number of phenolic OH excluding ortho intramolecular Hbond substituents is 1. The predicted molar refractivity (Wildman–Crippen MR) is 73.9 cm³/mol. The molecule has 5 heteroatoms. The number of nitrogens with one attached hydrogen (secondary N) is 3. The molecule has 1 atom stereocenters. The lowest BCUT2D eigenvalue weighted by molar-refractivity contribution is 0.236. The van der Waals surface area contributed by atoms with Crippen molar-refractivity contribution >= 4 is 6.03 Å². The van der Waals surface area contributed by atoms with Crippen LogP contribution in [0.1, 0.15) is 18.4 Å². The molecule has 1 aliphatic heterocycles. The zero-order chi connectivity index (χ0) is 13.5. The Balaban J connectivity index is 1.65. The number of carbonyl (C=O) groups is 1. The van der Waals surface area contributed by atoms with Crippen molar-refractivity contribution < 1.29 is 9.90 Å². The molecule has 1 saturated heterocycles. The molecule has 0 aliphatic carbocycles. The van der Waals surface area contributed by atoms with Gasteiger partial charge in [-0.15, -0.1) is 0 Å². The summed E-state index contributed by atoms with van der Waals surface area (Å²) in [5, 5.41) is 18.2. The van der Waals surface area contributed by atoms with Gasteiger partial charge in [-0.25, -0.2) is 4.79 Å². The van der Waals surface area contributed by atoms with Crippen LogP contribution in [0.15, 0.2) is 24.3 Å². The topological polar surface area (TPSA) is 73.4 Å². The smallest absolute Gasteiger partial charge is 0.315 e. The largest absolute Gasteiger partial charge is 0.508 e. The normalized spacial score (nSPS) is 18.8. The second kappa shape index (κ2) is 6.99. The monoisotopic (exact) mass is 263 g/mol. The zero-order valence-electron chi connectivity index (χ0n) is 11.0. The average Bonchev–Trinajstić information content (AvgIpc) is 2.45. The van der Waals surface area contributed by atoms with Gasteiger partial charge < -0.3 is 21.1 Å². The summed E-state index contributed by atoms with van der Waals surface area (Å²) in [7, 11) is 0. The van der Waals surface area contributed by atoms with Gasteiger partial charge in [0.05, 0.1) is 0 Å². The molecule has 0 bridgehead atoms. The van der Waals surface area contributed by atoms with E-state index in [1.165, 1.54) is 12.8 Å². The number of rotatable bonds is 4. The van der Waals surface area contributed by atoms with Crippen molar-refractivity contribution in [2.75, 3.05) is 19.6 Å². The molecule has 1 aliphatic rings. The Bertz CT molecular complexity index is 400. The van der Waals surface area contributed by atoms with E-state index in [4.69, 9.17) is 5.11 Å². The van der Waals surface area contributed by atoms with Gasteiger partial charge in [-0.05, 0) is 49.5 Å². The Morgan fingerprint density at radius 1 is 1.32 bits per heavy atom. The van der Waals surface area contributed by atoms with Crippen LogP contribution in [0.4, 0.5) is 4.79 Å². The third-order valence-electron chi connectivity index (χ3n) is 3.34. The molecule has 1 heterocycles. The lowest BCUT2D eigenvalue weighted by Gasteiger charge is -2.22. The molecule has 5 nitrogen and oxygen atoms in total. The van der Waals surface area contributed by atoms with E-state index in [1.54, 1.807) is 24.3 Å². The van der Waals surface area contributed by atoms with Crippen LogP contribution in [0.25, 0.3) is 0 Å². The van der Waals surface area contributed by atoms with Gasteiger partial charge >= 0.3 is 6.03 Å². The van der Waals surface area contributed by atoms with Gasteiger partial charge in [-0.3, -0.25) is 0 Å². The Labute approximate surface area is 113 Å². The zero-order valence-corrected chi connectivity index (χ0v) is 11.0. The quantitative estimate of drug-likeness (QED) is 0.659. The Morgan fingerprint density at radius 2 is 2.11 bits per heavy atom. The highest BCUT2D eigenvalue weighted by atomic mass is 16.3. The minimum Gasteiger partial charge on any atom is -0.508 e. The molecule has 2 rings (SSSR count). The van der Waals surface area contributed by atoms with Crippen molar-refractivity contribution in [2.45, 2.75) is 19.4 Å². The van der Waals surface area contributed by atoms with E-state index in [9.17, 15) is 4.79 Å². The Hall–Kier alpha value is -1.75. The second-order valence-corrected chi connectivity index (χ2v) is 4.94. The Morgan fingerprint density at radius 3 is 2.79 bits per heavy atom. The molecule has 1 fully saturated rings. The number of aromatic hydroxyl groups is 1. The fourth-order valence-electron chi connectivity index (χ4n) is 2.19. The Kier molecular flexibility index (Phi) is 5.03. The van der Waals surface area contributed by atoms with Gasteiger partial charge in [0.1, 0.15) is 5.75 Å². The summed E-state index contributed by atoms with van der Waals surface area (Å²) in [6.45, 7) is 3.26. The first-order valence-electron chi connectivity index (χ1n) is 6.74. The molecule has 0 aromatic heterocycles. The number of amides is 2. The number of hydrogen-bond donors (Lipinski definition) is 4. The van der Waals surface area contributed by atoms with Gasteiger partial charge in [-0.2, -0.15) is 0 Å². The molecule has 104 valence electrons. The summed E-state index contributed by atoms with van der Waals surface area (Å²) in [5.41, 5.74) is 0.965. The fraction of sp³-hybridized carbons (Fsp3) is 0.500. The average molecular weight is 263 g/mol. The number of hydrogen-bond acceptors (Lipinski definition) is 3. The van der Waals surface area contributed by atoms with E-state index in [0.29, 0.717) is 19.0 Å². The predicted octanol–water partition coefficient (Wildman–Crippen LogP) is 1.19. The molecule has 4 N–H and O–H groups in total. The maximum atomic E-state index is 11.6. The molecule has 1 unspecified atom stereocenters. The van der Waals surface area contributed by atoms with Gasteiger partial charge in [0.25, 0.3) is 0 Å². The van der Waals surface area contributed by atoms with Crippen LogP contribution < -0.4 is 16.0 Å². The summed E-state index contributed by atoms with van der Waals surface area (Å²) in [5.74, 6) is 0.770. The summed E-state index contributed by atoms with van der Waals surface area (Å²) >= 11 is 0. The van der Waals surface area contributed by atoms with Crippen LogP contribution in [0.2, 0.25) is 0 Å². The van der Waals surface area contributed by atoms with E-state index in [2.05, 4.69) is 16.0 Å². The standard InChI is InChI=1S/C14H21N3O2/c18-13-5-3-11(4-6-13)9-16-14(19)17-10-12-2-1-7-15-8-12/h3-6,12,15,18H,1-2,7-10H2,(H2,16,17,19). The van der Waals surface area contributed by atoms with Crippen LogP contribution in [0.3, 0.4) is 0 Å². The highest BCUT2D eigenvalue weighted by molar-refractivity contribution is 5.73. The number of carbonyl (C=O) groups excluding carboxylic acids is 1. The molecule has 0 saturated carbocycles. The molecular weight excluding hydrogens is 242 g/mol. The molecule has 0 spiro atoms. The van der Waals surface area contributed by atoms with E-state index < -0.39 is 0 Å². The third-order valence-corrected chi connectivity index (χ3v) is 3.34. The van der Waals surface area contributed by atoms with E-state index in [1.807, 2.05) is 0 Å². The molecule has 1 aromatic rings. The highest BCUT2D eigenvalue weighted by Crippen LogP contribution is 2.09. The van der Waals surface area contributed by atoms with Crippen molar-refractivity contribution in [3.05, 3.63) is 29.8 Å². The van der Waals surface area contributed by atoms with Gasteiger partial charge in [0, 0.05) is 13.1 Å². The first-order chi connectivity index (χ1) is 9.24. The van der Waals surface area contributed by atoms with Crippen molar-refractivity contribution in [3.63, 3.8) is 0 Å². The minimum absolute atomic E-state index is 0.140. The van der Waals surface area contributed by atoms with Crippen LogP contribution >= 0.6 is 0 Å². The van der Waals surface area contributed by atoms with Gasteiger partial charge in [0.15, 0.2) is 0 Å². The molecule has 19 heavy (non-hydrogen) atoms. The number of benzene rings is 1. The van der Waals surface area contributed by atoms with E-state index in [-0.39, 0.29) is 11.8 Å². The highest BCUT2D eigenvalue weighted by Gasteiger charge is 2.13. The lowest BCUT2D eigenvalue weighted by atomic mass is 10.00. The van der Waals surface area contributed by atoms with Crippen molar-refractivity contribution in [1.29, 1.82) is 0 Å². The van der Waals surface area contributed by atoms with Crippen LogP contribution in [-0.2, 0) is 6.54 Å². The molecule has 2 amide bonds. The van der Waals surface area contributed by atoms with E-state index in [0.717, 1.165) is 18.7 Å². The first-order valence-corrected chi connectivity index (χ1v) is 6.74. The van der Waals surface area contributed by atoms with Crippen LogP contribution in [0.5, 0.6) is 5.75 Å². The summed E-state index contributed by atoms with van der Waals surface area (Å²) in [6.07, 6.45) is 2.35. The summed E-state index contributed by atoms with van der Waals surface area (Å²) in [6, 6.07) is 6.67. The summed E-state index contributed by atoms with van der Waals surface area (Å²) < 4.78 is 0. The first kappa shape index (κ1) is 13.7. The van der Waals surface area contributed by atoms with Gasteiger partial charge in [0.2, 0.25) is 0 Å². The van der Waals surface area contributed by atoms with Gasteiger partial charge in [-0.1, -0.05) is 12.1 Å². The number of urea groups is 1. The molecule has 0 radical (unpaired) electrons. The lowest BCUT2D eigenvalue weighted by Crippen LogP contribution is -2.41. The SMILES string of the molecule is O=C(NCc1ccc(O)cc1)NCC1CCCNC1. The second-order valence-electron chi connectivity index (χ2n) is 4.94. The molecule has 1 aromatic carbocycles. The van der Waals surface area contributed by atoms with Crippen molar-refractivity contribution in [3.8, 4) is 5.75 Å². The molecular formula is C14H21N3O2. The summed E-state index contributed by atoms with van der Waals surface area (Å²) in [4.78, 5) is 11.6. The van der Waals surface area contributed by atoms with Crippen LogP contribution in [0, 0.1) is 5.92 Å². The maximum Gasteiger partial charge on any atom is 0.315 e. The third kappa shape index (κ3) is 4.79. The maximum absolute atomic E-state index is 11.6. The number of piperidine rings is 1. The fourth-order valence-corrected chi connectivity index (χ4v) is 2.19. The van der Waals surface area contributed by atoms with E-state index >= 15 is 0 Å². The van der Waals surface area contributed by atoms with Crippen molar-refractivity contribution in [1.82, 2.24) is 16.0 Å². The minimum atomic E-state index is -0.140. The van der Waals surface area contributed by atoms with Crippen LogP contribution in [-0.4, -0.2) is 30.8 Å². The number of phenols is 1. The van der Waals surface area contributed by atoms with Crippen molar-refractivity contribution in [2.24, 2.45) is 5.92 Å².